The second kappa shape index (κ2) is 2.68. The van der Waals surface area contributed by atoms with Gasteiger partial charge in [-0.1, -0.05) is 17.7 Å². The van der Waals surface area contributed by atoms with Gasteiger partial charge in [0.15, 0.2) is 0 Å². The second-order valence-corrected chi connectivity index (χ2v) is 2.87. The molecule has 62 valence electrons. The Bertz CT molecular complexity index is 338. The molecule has 12 heavy (non-hydrogen) atoms. The molecule has 3 nitrogen and oxygen atoms in total. The Morgan fingerprint density at radius 3 is 3.17 bits per heavy atom. The molecule has 1 aliphatic rings. The van der Waals surface area contributed by atoms with Gasteiger partial charge in [0, 0.05) is 10.6 Å². The SMILES string of the molecule is O=C1Nc2cccc(Cl)c2CO1. The Balaban J connectivity index is 2.48. The number of halogens is 1. The summed E-state index contributed by atoms with van der Waals surface area (Å²) < 4.78 is 4.75. The number of carbonyl (C=O) groups excluding carboxylic acids is 1. The van der Waals surface area contributed by atoms with Gasteiger partial charge < -0.3 is 4.74 Å². The highest BCUT2D eigenvalue weighted by molar-refractivity contribution is 6.31. The minimum Gasteiger partial charge on any atom is -0.444 e. The van der Waals surface area contributed by atoms with Crippen LogP contribution in [0.1, 0.15) is 5.56 Å². The average Bonchev–Trinajstić information content (AvgIpc) is 2.04. The van der Waals surface area contributed by atoms with Crippen molar-refractivity contribution in [2.24, 2.45) is 0 Å². The molecule has 0 saturated carbocycles. The summed E-state index contributed by atoms with van der Waals surface area (Å²) in [5, 5.41) is 3.17. The number of fused-ring (bicyclic) bond motifs is 1. The molecule has 0 atom stereocenters. The van der Waals surface area contributed by atoms with Gasteiger partial charge in [-0.2, -0.15) is 0 Å². The van der Waals surface area contributed by atoms with Crippen LogP contribution in [-0.2, 0) is 11.3 Å². The predicted octanol–water partition coefficient (Wildman–Crippen LogP) is 2.40. The average molecular weight is 184 g/mol. The molecule has 0 aliphatic carbocycles. The number of anilines is 1. The molecule has 1 aromatic rings. The Labute approximate surface area is 74.3 Å². The van der Waals surface area contributed by atoms with Gasteiger partial charge in [0.25, 0.3) is 0 Å². The minimum atomic E-state index is -0.426. The van der Waals surface area contributed by atoms with E-state index in [4.69, 9.17) is 16.3 Å². The molecule has 1 aromatic carbocycles. The van der Waals surface area contributed by atoms with Gasteiger partial charge >= 0.3 is 6.09 Å². The van der Waals surface area contributed by atoms with Crippen LogP contribution in [0.3, 0.4) is 0 Å². The van der Waals surface area contributed by atoms with Crippen LogP contribution in [0.15, 0.2) is 18.2 Å². The quantitative estimate of drug-likeness (QED) is 0.671. The second-order valence-electron chi connectivity index (χ2n) is 2.47. The third-order valence-corrected chi connectivity index (χ3v) is 2.06. The largest absolute Gasteiger partial charge is 0.444 e. The maximum atomic E-state index is 10.8. The minimum absolute atomic E-state index is 0.251. The van der Waals surface area contributed by atoms with Crippen LogP contribution in [0.25, 0.3) is 0 Å². The lowest BCUT2D eigenvalue weighted by Gasteiger charge is -2.17. The molecule has 0 bridgehead atoms. The molecule has 1 aliphatic heterocycles. The number of benzene rings is 1. The molecule has 1 heterocycles. The van der Waals surface area contributed by atoms with Crippen molar-refractivity contribution in [1.82, 2.24) is 0 Å². The summed E-state index contributed by atoms with van der Waals surface area (Å²) in [5.41, 5.74) is 1.57. The van der Waals surface area contributed by atoms with Crippen LogP contribution in [0.2, 0.25) is 5.02 Å². The molecule has 0 saturated heterocycles. The first kappa shape index (κ1) is 7.43. The summed E-state index contributed by atoms with van der Waals surface area (Å²) in [6.45, 7) is 0.251. The van der Waals surface area contributed by atoms with Crippen molar-refractivity contribution >= 4 is 23.4 Å². The first-order chi connectivity index (χ1) is 5.77. The molecule has 1 amide bonds. The van der Waals surface area contributed by atoms with Crippen molar-refractivity contribution in [2.45, 2.75) is 6.61 Å². The fraction of sp³-hybridized carbons (Fsp3) is 0.125. The van der Waals surface area contributed by atoms with Gasteiger partial charge in [0.05, 0.1) is 5.69 Å². The Morgan fingerprint density at radius 2 is 2.33 bits per heavy atom. The lowest BCUT2D eigenvalue weighted by Crippen LogP contribution is -2.20. The van der Waals surface area contributed by atoms with Gasteiger partial charge in [-0.3, -0.25) is 5.32 Å². The molecule has 1 N–H and O–H groups in total. The summed E-state index contributed by atoms with van der Waals surface area (Å²) in [6.07, 6.45) is -0.426. The van der Waals surface area contributed by atoms with Gasteiger partial charge in [-0.05, 0) is 12.1 Å². The number of rotatable bonds is 0. The summed E-state index contributed by atoms with van der Waals surface area (Å²) in [7, 11) is 0. The first-order valence-corrected chi connectivity index (χ1v) is 3.86. The standard InChI is InChI=1S/C8H6ClNO2/c9-6-2-1-3-7-5(6)4-12-8(11)10-7/h1-3H,4H2,(H,10,11). The van der Waals surface area contributed by atoms with Crippen molar-refractivity contribution < 1.29 is 9.53 Å². The van der Waals surface area contributed by atoms with E-state index >= 15 is 0 Å². The molecule has 0 radical (unpaired) electrons. The van der Waals surface area contributed by atoms with Crippen molar-refractivity contribution in [2.75, 3.05) is 5.32 Å². The van der Waals surface area contributed by atoms with Crippen LogP contribution in [0, 0.1) is 0 Å². The predicted molar refractivity (Wildman–Crippen MR) is 45.3 cm³/mol. The Hall–Kier alpha value is -1.22. The normalized spacial score (nSPS) is 14.6. The zero-order valence-corrected chi connectivity index (χ0v) is 6.89. The number of hydrogen-bond donors (Lipinski definition) is 1. The molecule has 4 heteroatoms. The maximum Gasteiger partial charge on any atom is 0.411 e. The highest BCUT2D eigenvalue weighted by Crippen LogP contribution is 2.27. The smallest absolute Gasteiger partial charge is 0.411 e. The highest BCUT2D eigenvalue weighted by atomic mass is 35.5. The fourth-order valence-corrected chi connectivity index (χ4v) is 1.34. The van der Waals surface area contributed by atoms with Crippen LogP contribution in [0.5, 0.6) is 0 Å². The van der Waals surface area contributed by atoms with E-state index in [0.717, 1.165) is 11.3 Å². The molecule has 0 aromatic heterocycles. The van der Waals surface area contributed by atoms with Crippen LogP contribution in [0.4, 0.5) is 10.5 Å². The zero-order valence-electron chi connectivity index (χ0n) is 6.13. The molecule has 0 unspecified atom stereocenters. The molecule has 0 spiro atoms. The number of nitrogens with one attached hydrogen (secondary N) is 1. The van der Waals surface area contributed by atoms with Gasteiger partial charge in [0.1, 0.15) is 6.61 Å². The number of amides is 1. The van der Waals surface area contributed by atoms with E-state index in [0.29, 0.717) is 5.02 Å². The summed E-state index contributed by atoms with van der Waals surface area (Å²) in [6, 6.07) is 5.34. The fourth-order valence-electron chi connectivity index (χ4n) is 1.11. The van der Waals surface area contributed by atoms with Crippen molar-refractivity contribution in [3.8, 4) is 0 Å². The molecule has 2 rings (SSSR count). The van der Waals surface area contributed by atoms with E-state index in [-0.39, 0.29) is 6.61 Å². The molecular formula is C8H6ClNO2. The number of ether oxygens (including phenoxy) is 1. The maximum absolute atomic E-state index is 10.8. The van der Waals surface area contributed by atoms with Gasteiger partial charge in [0.2, 0.25) is 0 Å². The molecular weight excluding hydrogens is 178 g/mol. The topological polar surface area (TPSA) is 38.3 Å². The van der Waals surface area contributed by atoms with E-state index in [2.05, 4.69) is 5.32 Å². The number of hydrogen-bond acceptors (Lipinski definition) is 2. The summed E-state index contributed by atoms with van der Waals surface area (Å²) in [5.74, 6) is 0. The van der Waals surface area contributed by atoms with Crippen molar-refractivity contribution in [3.63, 3.8) is 0 Å². The van der Waals surface area contributed by atoms with Crippen molar-refractivity contribution in [1.29, 1.82) is 0 Å². The van der Waals surface area contributed by atoms with E-state index in [1.807, 2.05) is 0 Å². The first-order valence-electron chi connectivity index (χ1n) is 3.48. The Morgan fingerprint density at radius 1 is 1.50 bits per heavy atom. The number of carbonyl (C=O) groups is 1. The zero-order chi connectivity index (χ0) is 8.55. The lowest BCUT2D eigenvalue weighted by atomic mass is 10.2. The van der Waals surface area contributed by atoms with E-state index in [1.54, 1.807) is 18.2 Å². The Kier molecular flexibility index (Phi) is 1.66. The van der Waals surface area contributed by atoms with E-state index < -0.39 is 6.09 Å². The van der Waals surface area contributed by atoms with Crippen LogP contribution >= 0.6 is 11.6 Å². The van der Waals surface area contributed by atoms with Gasteiger partial charge in [-0.15, -0.1) is 0 Å². The van der Waals surface area contributed by atoms with E-state index in [1.165, 1.54) is 0 Å². The van der Waals surface area contributed by atoms with Crippen LogP contribution in [-0.4, -0.2) is 6.09 Å². The third kappa shape index (κ3) is 1.12. The third-order valence-electron chi connectivity index (χ3n) is 1.70. The monoisotopic (exact) mass is 183 g/mol. The highest BCUT2D eigenvalue weighted by Gasteiger charge is 2.16. The van der Waals surface area contributed by atoms with Gasteiger partial charge in [-0.25, -0.2) is 4.79 Å². The summed E-state index contributed by atoms with van der Waals surface area (Å²) in [4.78, 5) is 10.8. The van der Waals surface area contributed by atoms with Crippen LogP contribution < -0.4 is 5.32 Å². The van der Waals surface area contributed by atoms with E-state index in [9.17, 15) is 4.79 Å². The van der Waals surface area contributed by atoms with Crippen molar-refractivity contribution in [3.05, 3.63) is 28.8 Å². The molecule has 0 fully saturated rings. The lowest BCUT2D eigenvalue weighted by molar-refractivity contribution is 0.151. The number of cyclic esters (lactones) is 1. The summed E-state index contributed by atoms with van der Waals surface area (Å²) >= 11 is 5.86.